The van der Waals surface area contributed by atoms with Crippen LogP contribution in [0.3, 0.4) is 0 Å². The van der Waals surface area contributed by atoms with E-state index in [1.54, 1.807) is 0 Å². The molecule has 21 heavy (non-hydrogen) atoms. The highest BCUT2D eigenvalue weighted by Crippen LogP contribution is 2.22. The summed E-state index contributed by atoms with van der Waals surface area (Å²) in [5.74, 6) is 0. The zero-order valence-electron chi connectivity index (χ0n) is 12.3. The number of hydrogen-bond acceptors (Lipinski definition) is 2. The van der Waals surface area contributed by atoms with Gasteiger partial charge in [-0.25, -0.2) is 0 Å². The van der Waals surface area contributed by atoms with Gasteiger partial charge in [-0.15, -0.1) is 0 Å². The Balaban J connectivity index is 2.05. The van der Waals surface area contributed by atoms with E-state index in [0.717, 1.165) is 40.9 Å². The van der Waals surface area contributed by atoms with Crippen molar-refractivity contribution in [2.45, 2.75) is 6.42 Å². The normalized spacial score (nSPS) is 10.1. The van der Waals surface area contributed by atoms with Crippen LogP contribution in [0.5, 0.6) is 0 Å². The molecule has 0 radical (unpaired) electrons. The van der Waals surface area contributed by atoms with Crippen molar-refractivity contribution in [1.29, 1.82) is 0 Å². The van der Waals surface area contributed by atoms with Gasteiger partial charge in [-0.3, -0.25) is 0 Å². The molecular formula is C19H22N2. The second-order valence-corrected chi connectivity index (χ2v) is 4.97. The van der Waals surface area contributed by atoms with Crippen molar-refractivity contribution in [1.82, 2.24) is 5.32 Å². The first-order chi connectivity index (χ1) is 10.2. The smallest absolute Gasteiger partial charge is 0.0340 e. The van der Waals surface area contributed by atoms with Crippen molar-refractivity contribution in [3.8, 4) is 0 Å². The summed E-state index contributed by atoms with van der Waals surface area (Å²) in [6, 6.07) is 18.5. The molecule has 0 heterocycles. The van der Waals surface area contributed by atoms with Crippen molar-refractivity contribution in [3.63, 3.8) is 0 Å². The number of benzene rings is 2. The molecule has 0 aliphatic heterocycles. The first kappa shape index (κ1) is 15.1. The Kier molecular flexibility index (Phi) is 5.35. The van der Waals surface area contributed by atoms with Crippen molar-refractivity contribution < 1.29 is 0 Å². The Morgan fingerprint density at radius 1 is 0.857 bits per heavy atom. The third-order valence-electron chi connectivity index (χ3n) is 3.42. The van der Waals surface area contributed by atoms with Crippen molar-refractivity contribution >= 4 is 11.3 Å². The molecule has 0 amide bonds. The lowest BCUT2D eigenvalue weighted by molar-refractivity contribution is 0.773. The van der Waals surface area contributed by atoms with Crippen LogP contribution in [0.4, 0.5) is 0 Å². The standard InChI is InChI=1S/C19H22N2/c1-15(17-7-4-3-5-8-17)18-9-11-19(12-10-18)16(2)21-14-6-13-20/h3-5,7-12,21H,1-2,6,13-14,20H2. The van der Waals surface area contributed by atoms with Crippen LogP contribution < -0.4 is 11.1 Å². The van der Waals surface area contributed by atoms with Gasteiger partial charge in [0, 0.05) is 12.2 Å². The molecule has 0 spiro atoms. The number of hydrogen-bond donors (Lipinski definition) is 2. The van der Waals surface area contributed by atoms with Gasteiger partial charge in [0.1, 0.15) is 0 Å². The van der Waals surface area contributed by atoms with Crippen LogP contribution in [0.25, 0.3) is 11.3 Å². The SMILES string of the molecule is C=C(NCCCN)c1ccc(C(=C)c2ccccc2)cc1. The average Bonchev–Trinajstić information content (AvgIpc) is 2.55. The van der Waals surface area contributed by atoms with Crippen molar-refractivity contribution in [2.24, 2.45) is 5.73 Å². The van der Waals surface area contributed by atoms with Crippen LogP contribution in [0.2, 0.25) is 0 Å². The fourth-order valence-corrected chi connectivity index (χ4v) is 2.12. The highest BCUT2D eigenvalue weighted by molar-refractivity contribution is 5.78. The molecule has 0 unspecified atom stereocenters. The summed E-state index contributed by atoms with van der Waals surface area (Å²) in [6.45, 7) is 9.78. The molecular weight excluding hydrogens is 256 g/mol. The average molecular weight is 278 g/mol. The minimum absolute atomic E-state index is 0.691. The number of nitrogens with one attached hydrogen (secondary N) is 1. The predicted octanol–water partition coefficient (Wildman–Crippen LogP) is 3.66. The summed E-state index contributed by atoms with van der Waals surface area (Å²) in [5, 5.41) is 3.28. The molecule has 2 aromatic rings. The number of nitrogens with two attached hydrogens (primary N) is 1. The van der Waals surface area contributed by atoms with E-state index in [0.29, 0.717) is 6.54 Å². The van der Waals surface area contributed by atoms with Gasteiger partial charge in [0.05, 0.1) is 0 Å². The fourth-order valence-electron chi connectivity index (χ4n) is 2.12. The van der Waals surface area contributed by atoms with Gasteiger partial charge in [0.2, 0.25) is 0 Å². The number of rotatable bonds is 7. The highest BCUT2D eigenvalue weighted by atomic mass is 14.9. The van der Waals surface area contributed by atoms with Gasteiger partial charge >= 0.3 is 0 Å². The third-order valence-corrected chi connectivity index (χ3v) is 3.42. The highest BCUT2D eigenvalue weighted by Gasteiger charge is 2.03. The van der Waals surface area contributed by atoms with Crippen LogP contribution in [-0.4, -0.2) is 13.1 Å². The van der Waals surface area contributed by atoms with Gasteiger partial charge in [-0.2, -0.15) is 0 Å². The van der Waals surface area contributed by atoms with E-state index in [1.807, 2.05) is 18.2 Å². The predicted molar refractivity (Wildman–Crippen MR) is 91.7 cm³/mol. The Morgan fingerprint density at radius 3 is 2.05 bits per heavy atom. The molecule has 0 bridgehead atoms. The monoisotopic (exact) mass is 278 g/mol. The van der Waals surface area contributed by atoms with E-state index in [-0.39, 0.29) is 0 Å². The minimum Gasteiger partial charge on any atom is -0.385 e. The summed E-state index contributed by atoms with van der Waals surface area (Å²) in [4.78, 5) is 0. The summed E-state index contributed by atoms with van der Waals surface area (Å²) < 4.78 is 0. The molecule has 2 heteroatoms. The van der Waals surface area contributed by atoms with Crippen LogP contribution in [-0.2, 0) is 0 Å². The Labute approximate surface area is 127 Å². The second kappa shape index (κ2) is 7.46. The third kappa shape index (κ3) is 4.07. The Hall–Kier alpha value is -2.32. The van der Waals surface area contributed by atoms with Crippen molar-refractivity contribution in [3.05, 3.63) is 84.4 Å². The van der Waals surface area contributed by atoms with E-state index in [4.69, 9.17) is 5.73 Å². The minimum atomic E-state index is 0.691. The van der Waals surface area contributed by atoms with Gasteiger partial charge in [0.15, 0.2) is 0 Å². The lowest BCUT2D eigenvalue weighted by atomic mass is 9.98. The molecule has 2 rings (SSSR count). The topological polar surface area (TPSA) is 38.0 Å². The molecule has 0 saturated heterocycles. The molecule has 0 aromatic heterocycles. The molecule has 0 saturated carbocycles. The largest absolute Gasteiger partial charge is 0.385 e. The first-order valence-electron chi connectivity index (χ1n) is 7.20. The Bertz CT molecular complexity index is 597. The van der Waals surface area contributed by atoms with Crippen molar-refractivity contribution in [2.75, 3.05) is 13.1 Å². The zero-order chi connectivity index (χ0) is 15.1. The molecule has 2 nitrogen and oxygen atoms in total. The lowest BCUT2D eigenvalue weighted by Crippen LogP contribution is -2.16. The molecule has 2 aromatic carbocycles. The first-order valence-corrected chi connectivity index (χ1v) is 7.20. The Morgan fingerprint density at radius 2 is 1.43 bits per heavy atom. The van der Waals surface area contributed by atoms with Crippen LogP contribution in [0.15, 0.2) is 67.8 Å². The van der Waals surface area contributed by atoms with Gasteiger partial charge in [-0.05, 0) is 35.2 Å². The lowest BCUT2D eigenvalue weighted by Gasteiger charge is -2.11. The summed E-state index contributed by atoms with van der Waals surface area (Å²) in [5.41, 5.74) is 10.8. The summed E-state index contributed by atoms with van der Waals surface area (Å²) >= 11 is 0. The molecule has 0 atom stereocenters. The molecule has 0 aliphatic rings. The molecule has 3 N–H and O–H groups in total. The summed E-state index contributed by atoms with van der Waals surface area (Å²) in [6.07, 6.45) is 0.946. The van der Waals surface area contributed by atoms with E-state index >= 15 is 0 Å². The second-order valence-electron chi connectivity index (χ2n) is 4.97. The molecule has 0 aliphatic carbocycles. The van der Waals surface area contributed by atoms with Gasteiger partial charge in [0.25, 0.3) is 0 Å². The van der Waals surface area contributed by atoms with Gasteiger partial charge < -0.3 is 11.1 Å². The van der Waals surface area contributed by atoms with E-state index < -0.39 is 0 Å². The molecule has 0 fully saturated rings. The van der Waals surface area contributed by atoms with Crippen LogP contribution in [0, 0.1) is 0 Å². The quantitative estimate of drug-likeness (QED) is 0.759. The van der Waals surface area contributed by atoms with Crippen LogP contribution >= 0.6 is 0 Å². The summed E-state index contributed by atoms with van der Waals surface area (Å²) in [7, 11) is 0. The maximum atomic E-state index is 5.48. The maximum Gasteiger partial charge on any atom is 0.0340 e. The molecule has 108 valence electrons. The van der Waals surface area contributed by atoms with Gasteiger partial charge in [-0.1, -0.05) is 67.8 Å². The maximum absolute atomic E-state index is 5.48. The van der Waals surface area contributed by atoms with Crippen LogP contribution in [0.1, 0.15) is 23.1 Å². The zero-order valence-corrected chi connectivity index (χ0v) is 12.3. The van der Waals surface area contributed by atoms with E-state index in [1.165, 1.54) is 0 Å². The van der Waals surface area contributed by atoms with E-state index in [9.17, 15) is 0 Å². The van der Waals surface area contributed by atoms with E-state index in [2.05, 4.69) is 54.9 Å². The fraction of sp³-hybridized carbons (Fsp3) is 0.158.